The lowest BCUT2D eigenvalue weighted by atomic mass is 10.2. The zero-order valence-electron chi connectivity index (χ0n) is 20.9. The maximum absolute atomic E-state index is 12.6. The van der Waals surface area contributed by atoms with Crippen LogP contribution in [0, 0.1) is 5.92 Å². The number of H-pyrrole nitrogens is 1. The van der Waals surface area contributed by atoms with E-state index in [1.165, 1.54) is 6.33 Å². The standard InChI is InChI=1S/C22H37N5O5Si/c1-9-10-30-16-14(32-33(7,8)22(4,5)6)11-31-20(16)27-12-23-15-17(27)24-21(26-19(15)29)25-18(28)13(2)3/h12-14,16,20H,9-11H2,1-8H3,(H2,24,25,26,28,29)/t14?,16-,20+/m0/s1. The number of aromatic amines is 1. The van der Waals surface area contributed by atoms with E-state index in [4.69, 9.17) is 13.9 Å². The van der Waals surface area contributed by atoms with E-state index in [0.717, 1.165) is 6.42 Å². The van der Waals surface area contributed by atoms with Crippen LogP contribution in [0.25, 0.3) is 11.2 Å². The fraction of sp³-hybridized carbons (Fsp3) is 0.727. The van der Waals surface area contributed by atoms with Crippen LogP contribution in [-0.4, -0.2) is 59.2 Å². The Morgan fingerprint density at radius 3 is 2.70 bits per heavy atom. The first-order valence-corrected chi connectivity index (χ1v) is 14.4. The highest BCUT2D eigenvalue weighted by Gasteiger charge is 2.47. The molecule has 1 aliphatic heterocycles. The molecule has 2 N–H and O–H groups in total. The first kappa shape index (κ1) is 25.5. The summed E-state index contributed by atoms with van der Waals surface area (Å²) in [6.45, 7) is 17.5. The molecule has 0 aliphatic carbocycles. The number of ether oxygens (including phenoxy) is 2. The number of hydrogen-bond acceptors (Lipinski definition) is 7. The number of nitrogens with zero attached hydrogens (tertiary/aromatic N) is 3. The van der Waals surface area contributed by atoms with Gasteiger partial charge in [-0.15, -0.1) is 0 Å². The quantitative estimate of drug-likeness (QED) is 0.557. The summed E-state index contributed by atoms with van der Waals surface area (Å²) in [6, 6.07) is 0. The van der Waals surface area contributed by atoms with Gasteiger partial charge in [0.25, 0.3) is 5.56 Å². The van der Waals surface area contributed by atoms with Gasteiger partial charge in [0.05, 0.1) is 19.0 Å². The largest absolute Gasteiger partial charge is 0.409 e. The van der Waals surface area contributed by atoms with E-state index in [1.54, 1.807) is 18.4 Å². The predicted molar refractivity (Wildman–Crippen MR) is 129 cm³/mol. The van der Waals surface area contributed by atoms with Crippen molar-refractivity contribution >= 4 is 31.3 Å². The molecule has 3 rings (SSSR count). The monoisotopic (exact) mass is 479 g/mol. The molecule has 33 heavy (non-hydrogen) atoms. The van der Waals surface area contributed by atoms with Crippen molar-refractivity contribution in [3.63, 3.8) is 0 Å². The van der Waals surface area contributed by atoms with Gasteiger partial charge in [-0.05, 0) is 24.6 Å². The molecule has 3 heterocycles. The van der Waals surface area contributed by atoms with E-state index in [2.05, 4.69) is 54.1 Å². The minimum absolute atomic E-state index is 0.0421. The molecule has 0 radical (unpaired) electrons. The van der Waals surface area contributed by atoms with Crippen LogP contribution in [0.2, 0.25) is 18.1 Å². The van der Waals surface area contributed by atoms with Crippen LogP contribution in [0.1, 0.15) is 54.2 Å². The molecular formula is C22H37N5O5Si. The molecule has 1 saturated heterocycles. The number of fused-ring (bicyclic) bond motifs is 1. The summed E-state index contributed by atoms with van der Waals surface area (Å²) < 4.78 is 20.7. The molecule has 0 saturated carbocycles. The van der Waals surface area contributed by atoms with Gasteiger partial charge in [-0.2, -0.15) is 4.98 Å². The smallest absolute Gasteiger partial charge is 0.280 e. The molecule has 2 aromatic heterocycles. The normalized spacial score (nSPS) is 21.8. The second-order valence-electron chi connectivity index (χ2n) is 10.4. The molecule has 3 atom stereocenters. The Labute approximate surface area is 195 Å². The third-order valence-electron chi connectivity index (χ3n) is 6.32. The minimum atomic E-state index is -2.07. The van der Waals surface area contributed by atoms with Gasteiger partial charge in [-0.25, -0.2) is 4.98 Å². The Kier molecular flexibility index (Phi) is 7.47. The molecule has 1 unspecified atom stereocenters. The van der Waals surface area contributed by atoms with Crippen molar-refractivity contribution in [1.29, 1.82) is 0 Å². The number of imidazole rings is 1. The Bertz CT molecular complexity index is 1040. The molecule has 11 heteroatoms. The molecular weight excluding hydrogens is 442 g/mol. The summed E-state index contributed by atoms with van der Waals surface area (Å²) in [5.41, 5.74) is 0.0564. The fourth-order valence-corrected chi connectivity index (χ4v) is 4.65. The predicted octanol–water partition coefficient (Wildman–Crippen LogP) is 3.43. The molecule has 2 aromatic rings. The van der Waals surface area contributed by atoms with Gasteiger partial charge in [0.2, 0.25) is 11.9 Å². The summed E-state index contributed by atoms with van der Waals surface area (Å²) in [5.74, 6) is -0.423. The van der Waals surface area contributed by atoms with Gasteiger partial charge >= 0.3 is 0 Å². The molecule has 0 bridgehead atoms. The van der Waals surface area contributed by atoms with Gasteiger partial charge < -0.3 is 13.9 Å². The second kappa shape index (κ2) is 9.65. The zero-order valence-corrected chi connectivity index (χ0v) is 21.9. The maximum Gasteiger partial charge on any atom is 0.280 e. The van der Waals surface area contributed by atoms with Crippen molar-refractivity contribution < 1.29 is 18.7 Å². The Balaban J connectivity index is 1.96. The highest BCUT2D eigenvalue weighted by Crippen LogP contribution is 2.40. The lowest BCUT2D eigenvalue weighted by Crippen LogP contribution is -2.47. The third kappa shape index (κ3) is 5.37. The van der Waals surface area contributed by atoms with E-state index in [1.807, 2.05) is 6.92 Å². The molecule has 10 nitrogen and oxygen atoms in total. The van der Waals surface area contributed by atoms with Crippen LogP contribution < -0.4 is 10.9 Å². The molecule has 1 amide bonds. The minimum Gasteiger partial charge on any atom is -0.409 e. The number of amides is 1. The summed E-state index contributed by atoms with van der Waals surface area (Å²) in [5, 5.41) is 2.69. The number of carbonyl (C=O) groups is 1. The summed E-state index contributed by atoms with van der Waals surface area (Å²) in [7, 11) is -2.07. The van der Waals surface area contributed by atoms with Crippen molar-refractivity contribution in [2.24, 2.45) is 5.92 Å². The summed E-state index contributed by atoms with van der Waals surface area (Å²) >= 11 is 0. The topological polar surface area (TPSA) is 120 Å². The molecule has 1 aliphatic rings. The van der Waals surface area contributed by atoms with E-state index in [9.17, 15) is 9.59 Å². The summed E-state index contributed by atoms with van der Waals surface area (Å²) in [6.07, 6.45) is 1.19. The lowest BCUT2D eigenvalue weighted by molar-refractivity contribution is -0.118. The van der Waals surface area contributed by atoms with Crippen LogP contribution in [0.5, 0.6) is 0 Å². The number of aromatic nitrogens is 4. The number of carbonyl (C=O) groups excluding carboxylic acids is 1. The number of hydrogen-bond donors (Lipinski definition) is 2. The molecule has 1 fully saturated rings. The average Bonchev–Trinajstić information content (AvgIpc) is 3.29. The summed E-state index contributed by atoms with van der Waals surface area (Å²) in [4.78, 5) is 36.0. The van der Waals surface area contributed by atoms with Crippen LogP contribution in [0.3, 0.4) is 0 Å². The van der Waals surface area contributed by atoms with Crippen molar-refractivity contribution in [2.45, 2.75) is 84.5 Å². The first-order valence-electron chi connectivity index (χ1n) is 11.5. The van der Waals surface area contributed by atoms with Gasteiger partial charge in [-0.3, -0.25) is 24.5 Å². The van der Waals surface area contributed by atoms with Crippen molar-refractivity contribution in [1.82, 2.24) is 19.5 Å². The number of nitrogens with one attached hydrogen (secondary N) is 2. The van der Waals surface area contributed by atoms with Crippen LogP contribution in [0.15, 0.2) is 11.1 Å². The van der Waals surface area contributed by atoms with Gasteiger partial charge in [0.1, 0.15) is 6.10 Å². The second-order valence-corrected chi connectivity index (χ2v) is 15.1. The number of anilines is 1. The first-order chi connectivity index (χ1) is 15.4. The molecule has 184 valence electrons. The Morgan fingerprint density at radius 2 is 2.09 bits per heavy atom. The van der Waals surface area contributed by atoms with E-state index in [-0.39, 0.29) is 40.5 Å². The van der Waals surface area contributed by atoms with Gasteiger partial charge in [0.15, 0.2) is 25.7 Å². The third-order valence-corrected chi connectivity index (χ3v) is 10.8. The van der Waals surface area contributed by atoms with E-state index < -0.39 is 20.1 Å². The van der Waals surface area contributed by atoms with Crippen molar-refractivity contribution in [2.75, 3.05) is 18.5 Å². The van der Waals surface area contributed by atoms with Gasteiger partial charge in [-0.1, -0.05) is 41.5 Å². The Morgan fingerprint density at radius 1 is 1.39 bits per heavy atom. The molecule has 0 aromatic carbocycles. The van der Waals surface area contributed by atoms with E-state index >= 15 is 0 Å². The average molecular weight is 480 g/mol. The van der Waals surface area contributed by atoms with E-state index in [0.29, 0.717) is 18.9 Å². The van der Waals surface area contributed by atoms with Crippen molar-refractivity contribution in [3.05, 3.63) is 16.7 Å². The highest BCUT2D eigenvalue weighted by atomic mass is 28.4. The maximum atomic E-state index is 12.6. The van der Waals surface area contributed by atoms with Gasteiger partial charge in [0, 0.05) is 12.5 Å². The Hall–Kier alpha value is -2.08. The number of rotatable bonds is 8. The highest BCUT2D eigenvalue weighted by molar-refractivity contribution is 6.74. The van der Waals surface area contributed by atoms with Crippen LogP contribution in [-0.2, 0) is 18.7 Å². The zero-order chi connectivity index (χ0) is 24.6. The van der Waals surface area contributed by atoms with Crippen molar-refractivity contribution in [3.8, 4) is 0 Å². The fourth-order valence-electron chi connectivity index (χ4n) is 3.34. The lowest BCUT2D eigenvalue weighted by Gasteiger charge is -2.39. The SMILES string of the molecule is CCCO[C@H]1C(O[Si](C)(C)C(C)(C)C)CO[C@H]1n1cnc2c(=O)[nH]c(NC(=O)C(C)C)nc21. The molecule has 0 spiro atoms. The van der Waals surface area contributed by atoms with Crippen LogP contribution >= 0.6 is 0 Å². The van der Waals surface area contributed by atoms with Crippen LogP contribution in [0.4, 0.5) is 5.95 Å².